The number of hydrogen-bond donors (Lipinski definition) is 3. The van der Waals surface area contributed by atoms with Crippen LogP contribution in [0.2, 0.25) is 0 Å². The van der Waals surface area contributed by atoms with Gasteiger partial charge in [0, 0.05) is 55.6 Å². The molecule has 0 spiro atoms. The topological polar surface area (TPSA) is 101 Å². The van der Waals surface area contributed by atoms with Gasteiger partial charge in [0.2, 0.25) is 0 Å². The number of rotatable bonds is 5. The van der Waals surface area contributed by atoms with Gasteiger partial charge in [0.1, 0.15) is 5.82 Å². The number of nitrogen functional groups attached to an aromatic ring is 1. The van der Waals surface area contributed by atoms with Crippen LogP contribution in [0.15, 0.2) is 36.5 Å². The predicted octanol–water partition coefficient (Wildman–Crippen LogP) is 3.12. The Hall–Kier alpha value is -2.48. The molecule has 2 saturated carbocycles. The predicted molar refractivity (Wildman–Crippen MR) is 135 cm³/mol. The second-order valence-corrected chi connectivity index (χ2v) is 11.0. The van der Waals surface area contributed by atoms with Gasteiger partial charge in [0.15, 0.2) is 0 Å². The molecule has 186 valence electrons. The number of ether oxygens (including phenoxy) is 1. The first-order valence-electron chi connectivity index (χ1n) is 13.2. The van der Waals surface area contributed by atoms with Crippen LogP contribution in [0.4, 0.5) is 5.82 Å². The highest BCUT2D eigenvalue weighted by molar-refractivity contribution is 5.99. The number of carbonyl (C=O) groups is 1. The smallest absolute Gasteiger partial charge is 0.255 e. The van der Waals surface area contributed by atoms with Gasteiger partial charge in [-0.25, -0.2) is 4.98 Å². The number of piperidine rings is 1. The lowest BCUT2D eigenvalue weighted by Gasteiger charge is -2.33. The summed E-state index contributed by atoms with van der Waals surface area (Å²) < 4.78 is 5.56. The van der Waals surface area contributed by atoms with Crippen LogP contribution >= 0.6 is 0 Å². The van der Waals surface area contributed by atoms with Gasteiger partial charge in [-0.1, -0.05) is 24.3 Å². The van der Waals surface area contributed by atoms with E-state index in [1.165, 1.54) is 18.5 Å². The van der Waals surface area contributed by atoms with E-state index in [-0.39, 0.29) is 23.9 Å². The Morgan fingerprint density at radius 1 is 1.09 bits per heavy atom. The number of aliphatic hydroxyl groups excluding tert-OH is 1. The third kappa shape index (κ3) is 4.46. The normalized spacial score (nSPS) is 31.2. The highest BCUT2D eigenvalue weighted by atomic mass is 16.5. The summed E-state index contributed by atoms with van der Waals surface area (Å²) in [6, 6.07) is 11.5. The highest BCUT2D eigenvalue weighted by Crippen LogP contribution is 2.59. The van der Waals surface area contributed by atoms with Crippen LogP contribution in [0, 0.1) is 5.92 Å². The third-order valence-corrected chi connectivity index (χ3v) is 8.87. The van der Waals surface area contributed by atoms with Crippen LogP contribution in [0.3, 0.4) is 0 Å². The number of anilines is 1. The summed E-state index contributed by atoms with van der Waals surface area (Å²) in [6.07, 6.45) is 8.12. The van der Waals surface area contributed by atoms with Gasteiger partial charge in [0.25, 0.3) is 5.91 Å². The fourth-order valence-corrected chi connectivity index (χ4v) is 6.59. The number of fused-ring (bicyclic) bond motifs is 1. The largest absolute Gasteiger partial charge is 0.393 e. The van der Waals surface area contributed by atoms with Crippen LogP contribution in [0.5, 0.6) is 0 Å². The fraction of sp³-hybridized carbons (Fsp3) is 0.571. The molecule has 2 aromatic rings. The first-order chi connectivity index (χ1) is 17.0. The van der Waals surface area contributed by atoms with Crippen molar-refractivity contribution in [3.63, 3.8) is 0 Å². The minimum Gasteiger partial charge on any atom is -0.393 e. The van der Waals surface area contributed by atoms with Gasteiger partial charge in [-0.2, -0.15) is 0 Å². The van der Waals surface area contributed by atoms with Crippen LogP contribution in [-0.2, 0) is 10.2 Å². The molecule has 2 atom stereocenters. The Bertz CT molecular complexity index is 1080. The second-order valence-electron chi connectivity index (χ2n) is 11.0. The standard InChI is InChI=1S/C28H36N4O3/c29-26-25(27(34)31-22-5-7-24(33)8-6-22)13-19(15-30-26)18-1-3-20(4-2-18)28-14-21(28)16-32(17-28)23-9-11-35-12-10-23/h1-4,13,15,21-24,33H,5-12,14,16-17H2,(H2,29,30)(H,31,34)/t21-,22-,24-,28+/m1/s1. The highest BCUT2D eigenvalue weighted by Gasteiger charge is 2.61. The lowest BCUT2D eigenvalue weighted by Crippen LogP contribution is -2.40. The Kier molecular flexibility index (Phi) is 6.03. The minimum atomic E-state index is -0.249. The number of hydrogen-bond acceptors (Lipinski definition) is 6. The lowest BCUT2D eigenvalue weighted by atomic mass is 9.92. The van der Waals surface area contributed by atoms with Crippen LogP contribution in [-0.4, -0.2) is 65.4 Å². The molecule has 4 fully saturated rings. The van der Waals surface area contributed by atoms with Crippen molar-refractivity contribution in [2.24, 2.45) is 5.92 Å². The maximum atomic E-state index is 12.9. The van der Waals surface area contributed by atoms with Gasteiger partial charge >= 0.3 is 0 Å². The summed E-state index contributed by atoms with van der Waals surface area (Å²) in [7, 11) is 0. The molecule has 0 unspecified atom stereocenters. The van der Waals surface area contributed by atoms with Crippen molar-refractivity contribution >= 4 is 11.7 Å². The molecule has 35 heavy (non-hydrogen) atoms. The Morgan fingerprint density at radius 2 is 1.83 bits per heavy atom. The van der Waals surface area contributed by atoms with Crippen LogP contribution < -0.4 is 11.1 Å². The number of benzene rings is 1. The molecule has 2 saturated heterocycles. The molecule has 7 nitrogen and oxygen atoms in total. The van der Waals surface area contributed by atoms with E-state index in [2.05, 4.69) is 39.5 Å². The van der Waals surface area contributed by atoms with E-state index in [1.807, 2.05) is 6.07 Å². The maximum Gasteiger partial charge on any atom is 0.255 e. The molecule has 6 rings (SSSR count). The number of aromatic nitrogens is 1. The molecule has 4 aliphatic rings. The first-order valence-corrected chi connectivity index (χ1v) is 13.2. The van der Waals surface area contributed by atoms with Gasteiger partial charge in [-0.3, -0.25) is 9.69 Å². The van der Waals surface area contributed by atoms with Crippen molar-refractivity contribution in [1.82, 2.24) is 15.2 Å². The summed E-state index contributed by atoms with van der Waals surface area (Å²) in [5, 5.41) is 12.8. The van der Waals surface area contributed by atoms with Crippen molar-refractivity contribution in [3.8, 4) is 11.1 Å². The lowest BCUT2D eigenvalue weighted by molar-refractivity contribution is 0.0378. The van der Waals surface area contributed by atoms with Gasteiger partial charge < -0.3 is 20.9 Å². The molecule has 0 radical (unpaired) electrons. The van der Waals surface area contributed by atoms with E-state index in [9.17, 15) is 9.90 Å². The molecule has 1 aromatic heterocycles. The van der Waals surface area contributed by atoms with E-state index in [0.717, 1.165) is 75.3 Å². The molecular weight excluding hydrogens is 440 g/mol. The SMILES string of the molecule is Nc1ncc(-c2ccc([C@@]34C[C@@H]3CN(C3CCOCC3)C4)cc2)cc1C(=O)N[C@H]1CC[C@H](O)CC1. The molecule has 1 aromatic carbocycles. The molecule has 1 amide bonds. The number of nitrogens with zero attached hydrogens (tertiary/aromatic N) is 2. The van der Waals surface area contributed by atoms with E-state index < -0.39 is 0 Å². The molecule has 3 heterocycles. The number of pyridine rings is 1. The van der Waals surface area contributed by atoms with E-state index in [1.54, 1.807) is 6.20 Å². The Labute approximate surface area is 207 Å². The summed E-state index contributed by atoms with van der Waals surface area (Å²) in [5.74, 6) is 0.830. The Balaban J connectivity index is 1.15. The van der Waals surface area contributed by atoms with Crippen molar-refractivity contribution in [3.05, 3.63) is 47.7 Å². The average molecular weight is 477 g/mol. The fourth-order valence-electron chi connectivity index (χ4n) is 6.59. The quantitative estimate of drug-likeness (QED) is 0.613. The summed E-state index contributed by atoms with van der Waals surface area (Å²) in [5.41, 5.74) is 10.2. The number of nitrogens with one attached hydrogen (secondary N) is 1. The molecular formula is C28H36N4O3. The monoisotopic (exact) mass is 476 g/mol. The number of aliphatic hydroxyl groups is 1. The zero-order valence-corrected chi connectivity index (χ0v) is 20.3. The third-order valence-electron chi connectivity index (χ3n) is 8.87. The summed E-state index contributed by atoms with van der Waals surface area (Å²) >= 11 is 0. The number of amides is 1. The van der Waals surface area contributed by atoms with Crippen LogP contribution in [0.25, 0.3) is 11.1 Å². The minimum absolute atomic E-state index is 0.0751. The van der Waals surface area contributed by atoms with Gasteiger partial charge in [0.05, 0.1) is 11.7 Å². The van der Waals surface area contributed by atoms with Gasteiger partial charge in [-0.05, 0) is 68.1 Å². The summed E-state index contributed by atoms with van der Waals surface area (Å²) in [6.45, 7) is 4.17. The summed E-state index contributed by atoms with van der Waals surface area (Å²) in [4.78, 5) is 20.0. The molecule has 7 heteroatoms. The van der Waals surface area contributed by atoms with E-state index in [0.29, 0.717) is 17.0 Å². The Morgan fingerprint density at radius 3 is 2.57 bits per heavy atom. The average Bonchev–Trinajstić information content (AvgIpc) is 3.46. The molecule has 2 aliphatic heterocycles. The van der Waals surface area contributed by atoms with Crippen molar-refractivity contribution < 1.29 is 14.6 Å². The zero-order valence-electron chi connectivity index (χ0n) is 20.3. The van der Waals surface area contributed by atoms with E-state index in [4.69, 9.17) is 10.5 Å². The van der Waals surface area contributed by atoms with E-state index >= 15 is 0 Å². The number of carbonyl (C=O) groups excluding carboxylic acids is 1. The van der Waals surface area contributed by atoms with Crippen LogP contribution in [0.1, 0.15) is 60.9 Å². The number of likely N-dealkylation sites (tertiary alicyclic amines) is 1. The van der Waals surface area contributed by atoms with Crippen molar-refractivity contribution in [1.29, 1.82) is 0 Å². The first kappa shape index (κ1) is 23.0. The molecule has 4 N–H and O–H groups in total. The molecule has 2 aliphatic carbocycles. The van der Waals surface area contributed by atoms with Crippen molar-refractivity contribution in [2.45, 2.75) is 68.5 Å². The van der Waals surface area contributed by atoms with Gasteiger partial charge in [-0.15, -0.1) is 0 Å². The maximum absolute atomic E-state index is 12.9. The molecule has 0 bridgehead atoms. The number of nitrogens with two attached hydrogens (primary N) is 1. The second kappa shape index (κ2) is 9.19. The van der Waals surface area contributed by atoms with Crippen molar-refractivity contribution in [2.75, 3.05) is 32.0 Å². The zero-order chi connectivity index (χ0) is 24.0.